The Kier molecular flexibility index (Phi) is 5.25. The lowest BCUT2D eigenvalue weighted by Crippen LogP contribution is -2.26. The van der Waals surface area contributed by atoms with Gasteiger partial charge in [0.15, 0.2) is 5.69 Å². The molecule has 0 spiro atoms. The van der Waals surface area contributed by atoms with Crippen LogP contribution in [0.5, 0.6) is 0 Å². The molecule has 3 aromatic heterocycles. The van der Waals surface area contributed by atoms with E-state index in [1.165, 1.54) is 0 Å². The standard InChI is InChI=1S/C22H19ClF3N5O/c1-12-6-15(4-5-32-12)31-20(8-14-9-29-19(11-27-14)22(24,25)26)30-18-10-28-17-3-2-13(23)7-16(17)21(18)31/h2-3,7,9-12,15H,4-6,8H2,1H3/t12-,15-/m1/s1. The van der Waals surface area contributed by atoms with Crippen molar-refractivity contribution in [3.05, 3.63) is 59.0 Å². The number of halogens is 4. The molecule has 1 aliphatic heterocycles. The molecule has 166 valence electrons. The highest BCUT2D eigenvalue weighted by Gasteiger charge is 2.33. The molecule has 0 N–H and O–H groups in total. The summed E-state index contributed by atoms with van der Waals surface area (Å²) in [5.41, 5.74) is 1.80. The van der Waals surface area contributed by atoms with E-state index in [4.69, 9.17) is 21.3 Å². The Morgan fingerprint density at radius 1 is 1.12 bits per heavy atom. The van der Waals surface area contributed by atoms with Crippen molar-refractivity contribution in [3.63, 3.8) is 0 Å². The van der Waals surface area contributed by atoms with Crippen LogP contribution in [-0.2, 0) is 17.3 Å². The van der Waals surface area contributed by atoms with E-state index in [-0.39, 0.29) is 18.6 Å². The van der Waals surface area contributed by atoms with Crippen LogP contribution in [0.2, 0.25) is 5.02 Å². The average Bonchev–Trinajstić information content (AvgIpc) is 3.12. The third-order valence-electron chi connectivity index (χ3n) is 5.71. The minimum Gasteiger partial charge on any atom is -0.378 e. The number of alkyl halides is 3. The topological polar surface area (TPSA) is 65.7 Å². The molecule has 0 saturated carbocycles. The zero-order valence-corrected chi connectivity index (χ0v) is 17.9. The molecule has 6 nitrogen and oxygen atoms in total. The van der Waals surface area contributed by atoms with Gasteiger partial charge in [-0.05, 0) is 38.0 Å². The maximum atomic E-state index is 12.9. The molecular formula is C22H19ClF3N5O. The first kappa shape index (κ1) is 21.1. The van der Waals surface area contributed by atoms with E-state index in [0.29, 0.717) is 28.7 Å². The Hall–Kier alpha value is -2.78. The Labute approximate surface area is 186 Å². The van der Waals surface area contributed by atoms with Crippen LogP contribution in [-0.4, -0.2) is 37.2 Å². The van der Waals surface area contributed by atoms with Gasteiger partial charge in [0, 0.05) is 35.7 Å². The normalized spacial score (nSPS) is 19.7. The molecular weight excluding hydrogens is 443 g/mol. The summed E-state index contributed by atoms with van der Waals surface area (Å²) in [6.07, 6.45) is 1.03. The fourth-order valence-corrected chi connectivity index (χ4v) is 4.45. The summed E-state index contributed by atoms with van der Waals surface area (Å²) >= 11 is 6.28. The van der Waals surface area contributed by atoms with Crippen molar-refractivity contribution in [1.29, 1.82) is 0 Å². The average molecular weight is 462 g/mol. The lowest BCUT2D eigenvalue weighted by Gasteiger charge is -2.30. The van der Waals surface area contributed by atoms with Crippen molar-refractivity contribution >= 4 is 33.5 Å². The van der Waals surface area contributed by atoms with Gasteiger partial charge in [-0.3, -0.25) is 9.97 Å². The molecule has 0 radical (unpaired) electrons. The second-order valence-electron chi connectivity index (χ2n) is 7.98. The zero-order chi connectivity index (χ0) is 22.5. The fourth-order valence-electron chi connectivity index (χ4n) is 4.28. The molecule has 4 heterocycles. The highest BCUT2D eigenvalue weighted by molar-refractivity contribution is 6.31. The van der Waals surface area contributed by atoms with E-state index < -0.39 is 11.9 Å². The van der Waals surface area contributed by atoms with Gasteiger partial charge in [-0.25, -0.2) is 9.97 Å². The highest BCUT2D eigenvalue weighted by atomic mass is 35.5. The third-order valence-corrected chi connectivity index (χ3v) is 5.94. The van der Waals surface area contributed by atoms with Crippen molar-refractivity contribution in [3.8, 4) is 0 Å². The van der Waals surface area contributed by atoms with Crippen LogP contribution >= 0.6 is 11.6 Å². The number of hydrogen-bond acceptors (Lipinski definition) is 5. The number of pyridine rings is 1. The lowest BCUT2D eigenvalue weighted by molar-refractivity contribution is -0.141. The first-order valence-electron chi connectivity index (χ1n) is 10.2. The number of nitrogens with zero attached hydrogens (tertiary/aromatic N) is 5. The Morgan fingerprint density at radius 2 is 1.97 bits per heavy atom. The van der Waals surface area contributed by atoms with E-state index in [9.17, 15) is 13.2 Å². The molecule has 1 saturated heterocycles. The number of benzene rings is 1. The third kappa shape index (κ3) is 3.91. The molecule has 10 heteroatoms. The molecule has 32 heavy (non-hydrogen) atoms. The van der Waals surface area contributed by atoms with Crippen LogP contribution in [0, 0.1) is 0 Å². The van der Waals surface area contributed by atoms with E-state index >= 15 is 0 Å². The smallest absolute Gasteiger partial charge is 0.378 e. The van der Waals surface area contributed by atoms with Crippen molar-refractivity contribution < 1.29 is 17.9 Å². The van der Waals surface area contributed by atoms with Gasteiger partial charge in [0.1, 0.15) is 11.3 Å². The number of hydrogen-bond donors (Lipinski definition) is 0. The van der Waals surface area contributed by atoms with Gasteiger partial charge in [-0.15, -0.1) is 0 Å². The molecule has 0 unspecified atom stereocenters. The number of rotatable bonds is 3. The predicted molar refractivity (Wildman–Crippen MR) is 114 cm³/mol. The second-order valence-corrected chi connectivity index (χ2v) is 8.42. The van der Waals surface area contributed by atoms with Crippen molar-refractivity contribution in [2.45, 2.75) is 44.5 Å². The maximum Gasteiger partial charge on any atom is 0.434 e. The Bertz CT molecular complexity index is 1290. The SMILES string of the molecule is C[C@@H]1C[C@H](n2c(Cc3cnc(C(F)(F)F)cn3)nc3cnc4ccc(Cl)cc4c32)CCO1. The van der Waals surface area contributed by atoms with Gasteiger partial charge in [0.05, 0.1) is 35.2 Å². The van der Waals surface area contributed by atoms with Crippen LogP contribution in [0.4, 0.5) is 13.2 Å². The summed E-state index contributed by atoms with van der Waals surface area (Å²) in [6.45, 7) is 2.65. The minimum absolute atomic E-state index is 0.0848. The number of ether oxygens (including phenoxy) is 1. The summed E-state index contributed by atoms with van der Waals surface area (Å²) in [5, 5.41) is 1.47. The van der Waals surface area contributed by atoms with Gasteiger partial charge in [-0.1, -0.05) is 11.6 Å². The van der Waals surface area contributed by atoms with Crippen molar-refractivity contribution in [1.82, 2.24) is 24.5 Å². The monoisotopic (exact) mass is 461 g/mol. The van der Waals surface area contributed by atoms with Crippen LogP contribution < -0.4 is 0 Å². The molecule has 1 fully saturated rings. The molecule has 2 atom stereocenters. The van der Waals surface area contributed by atoms with Gasteiger partial charge in [0.2, 0.25) is 0 Å². The fraction of sp³-hybridized carbons (Fsp3) is 0.364. The van der Waals surface area contributed by atoms with E-state index in [2.05, 4.69) is 19.5 Å². The van der Waals surface area contributed by atoms with Gasteiger partial charge >= 0.3 is 6.18 Å². The summed E-state index contributed by atoms with van der Waals surface area (Å²) in [4.78, 5) is 16.8. The number of imidazole rings is 1. The zero-order valence-electron chi connectivity index (χ0n) is 17.1. The quantitative estimate of drug-likeness (QED) is 0.410. The molecule has 0 bridgehead atoms. The van der Waals surface area contributed by atoms with Crippen molar-refractivity contribution in [2.24, 2.45) is 0 Å². The first-order chi connectivity index (χ1) is 15.3. The highest BCUT2D eigenvalue weighted by Crippen LogP contribution is 2.35. The minimum atomic E-state index is -4.53. The maximum absolute atomic E-state index is 12.9. The molecule has 5 rings (SSSR count). The summed E-state index contributed by atoms with van der Waals surface area (Å²) in [7, 11) is 0. The van der Waals surface area contributed by atoms with E-state index in [0.717, 1.165) is 41.7 Å². The number of aromatic nitrogens is 5. The first-order valence-corrected chi connectivity index (χ1v) is 10.6. The summed E-state index contributed by atoms with van der Waals surface area (Å²) in [5.74, 6) is 0.697. The van der Waals surface area contributed by atoms with Gasteiger partial charge in [0.25, 0.3) is 0 Å². The van der Waals surface area contributed by atoms with Crippen LogP contribution in [0.1, 0.15) is 43.0 Å². The largest absolute Gasteiger partial charge is 0.434 e. The van der Waals surface area contributed by atoms with Crippen LogP contribution in [0.15, 0.2) is 36.8 Å². The van der Waals surface area contributed by atoms with Gasteiger partial charge in [-0.2, -0.15) is 13.2 Å². The van der Waals surface area contributed by atoms with E-state index in [1.807, 2.05) is 19.1 Å². The predicted octanol–water partition coefficient (Wildman–Crippen LogP) is 5.38. The summed E-state index contributed by atoms with van der Waals surface area (Å²) in [6, 6.07) is 5.64. The molecule has 1 aromatic carbocycles. The lowest BCUT2D eigenvalue weighted by atomic mass is 10.0. The summed E-state index contributed by atoms with van der Waals surface area (Å²) < 4.78 is 46.5. The van der Waals surface area contributed by atoms with Crippen LogP contribution in [0.25, 0.3) is 21.9 Å². The Balaban J connectivity index is 1.65. The molecule has 1 aliphatic rings. The second kappa shape index (κ2) is 7.97. The van der Waals surface area contributed by atoms with E-state index in [1.54, 1.807) is 12.3 Å². The Morgan fingerprint density at radius 3 is 2.69 bits per heavy atom. The van der Waals surface area contributed by atoms with Crippen molar-refractivity contribution in [2.75, 3.05) is 6.61 Å². The molecule has 4 aromatic rings. The van der Waals surface area contributed by atoms with Crippen LogP contribution in [0.3, 0.4) is 0 Å². The molecule has 0 aliphatic carbocycles. The molecule has 0 amide bonds. The van der Waals surface area contributed by atoms with Gasteiger partial charge < -0.3 is 9.30 Å². The number of fused-ring (bicyclic) bond motifs is 3.